The Hall–Kier alpha value is -1.40. The third kappa shape index (κ3) is 10.5. The van der Waals surface area contributed by atoms with Crippen LogP contribution in [0.2, 0.25) is 0 Å². The molecule has 5 atom stereocenters. The number of rotatable bonds is 17. The molecule has 45 heavy (non-hydrogen) atoms. The molecule has 3 aliphatic rings. The number of thiol groups is 1. The molecule has 0 bridgehead atoms. The molecular weight excluding hydrogens is 703 g/mol. The zero-order valence-electron chi connectivity index (χ0n) is 27.8. The molecule has 8 nitrogen and oxygen atoms in total. The number of aliphatic carboxylic acids is 1. The van der Waals surface area contributed by atoms with Crippen LogP contribution in [0, 0.1) is 23.7 Å². The second-order valence-electron chi connectivity index (χ2n) is 13.6. The minimum Gasteiger partial charge on any atom is -0.493 e. The van der Waals surface area contributed by atoms with Gasteiger partial charge in [0.05, 0.1) is 25.0 Å². The molecule has 2 heterocycles. The van der Waals surface area contributed by atoms with E-state index < -0.39 is 11.9 Å². The molecule has 2 fully saturated rings. The lowest BCUT2D eigenvalue weighted by Crippen LogP contribution is -2.34. The normalized spacial score (nSPS) is 24.0. The molecule has 1 saturated carbocycles. The highest BCUT2D eigenvalue weighted by atomic mass is 127. The number of hydrogen-bond donors (Lipinski definition) is 1. The van der Waals surface area contributed by atoms with Crippen molar-refractivity contribution in [3.05, 3.63) is 17.7 Å². The highest BCUT2D eigenvalue weighted by Crippen LogP contribution is 2.49. The summed E-state index contributed by atoms with van der Waals surface area (Å²) in [7, 11) is 1.61. The molecule has 0 aromatic heterocycles. The van der Waals surface area contributed by atoms with Crippen LogP contribution < -0.4 is 14.2 Å². The number of nitrogens with zero attached hydrogens (tertiary/aromatic N) is 2. The fourth-order valence-corrected chi connectivity index (χ4v) is 9.99. The second-order valence-corrected chi connectivity index (χ2v) is 16.7. The first-order valence-corrected chi connectivity index (χ1v) is 19.5. The molecule has 0 radical (unpaired) electrons. The summed E-state index contributed by atoms with van der Waals surface area (Å²) >= 11 is 3.93. The average molecular weight is 760 g/mol. The molecule has 0 spiro atoms. The van der Waals surface area contributed by atoms with Gasteiger partial charge in [-0.1, -0.05) is 49.8 Å². The Morgan fingerprint density at radius 3 is 2.69 bits per heavy atom. The van der Waals surface area contributed by atoms with Crippen LogP contribution in [-0.4, -0.2) is 75.9 Å². The smallest absolute Gasteiger partial charge is 0.307 e. The fraction of sp³-hybridized carbons (Fsp3) is 0.771. The summed E-state index contributed by atoms with van der Waals surface area (Å²) in [4.78, 5) is 29.1. The summed E-state index contributed by atoms with van der Waals surface area (Å²) in [5, 5.41) is 10.7. The van der Waals surface area contributed by atoms with E-state index in [9.17, 15) is 14.7 Å². The number of carboxylic acids is 1. The molecule has 1 amide bonds. The number of methoxy groups -OCH3 is 1. The number of fused-ring (bicyclic) bond motifs is 1. The summed E-state index contributed by atoms with van der Waals surface area (Å²) in [6.45, 7) is 10.5. The lowest BCUT2D eigenvalue weighted by Gasteiger charge is -2.30. The van der Waals surface area contributed by atoms with Crippen LogP contribution in [0.15, 0.2) is 12.1 Å². The molecule has 10 heteroatoms. The van der Waals surface area contributed by atoms with Gasteiger partial charge in [-0.2, -0.15) is 0 Å². The summed E-state index contributed by atoms with van der Waals surface area (Å²) < 4.78 is 20.2. The number of benzene rings is 1. The highest BCUT2D eigenvalue weighted by Gasteiger charge is 2.42. The topological polar surface area (TPSA) is 88.5 Å². The molecule has 1 aromatic carbocycles. The maximum atomic E-state index is 13.9. The van der Waals surface area contributed by atoms with E-state index in [0.717, 1.165) is 76.7 Å². The minimum atomic E-state index is -0.744. The monoisotopic (exact) mass is 759 g/mol. The molecule has 1 unspecified atom stereocenters. The SMILES string of the molecule is CCCCN(CCCC(I)CC(C)C)C(=O)C[C@H]1CC[C@@H](CCN2CCC[SH+]2)[C@H](C(=O)O)[C@@H](c2cc(OC)c3c(c2)OCO3)C1. The number of carbonyl (C=O) groups is 2. The third-order valence-corrected chi connectivity index (χ3v) is 12.2. The zero-order chi connectivity index (χ0) is 32.3. The quantitative estimate of drug-likeness (QED) is 0.0597. The van der Waals surface area contributed by atoms with E-state index in [1.54, 1.807) is 7.11 Å². The molecular formula is C35H56IN2O6S+. The van der Waals surface area contributed by atoms with Crippen molar-refractivity contribution in [2.75, 3.05) is 45.8 Å². The molecule has 1 aliphatic carbocycles. The number of carbonyl (C=O) groups excluding carboxylic acids is 1. The lowest BCUT2D eigenvalue weighted by molar-refractivity contribution is -0.144. The van der Waals surface area contributed by atoms with Gasteiger partial charge >= 0.3 is 5.97 Å². The van der Waals surface area contributed by atoms with E-state index in [4.69, 9.17) is 14.2 Å². The van der Waals surface area contributed by atoms with Gasteiger partial charge in [0.15, 0.2) is 11.5 Å². The summed E-state index contributed by atoms with van der Waals surface area (Å²) in [6.07, 6.45) is 10.4. The summed E-state index contributed by atoms with van der Waals surface area (Å²) in [6, 6.07) is 3.90. The molecule has 254 valence electrons. The largest absolute Gasteiger partial charge is 0.493 e. The van der Waals surface area contributed by atoms with Gasteiger partial charge in [-0.25, -0.2) is 0 Å². The number of halogens is 1. The van der Waals surface area contributed by atoms with Crippen LogP contribution in [-0.2, 0) is 21.5 Å². The maximum absolute atomic E-state index is 13.9. The standard InChI is InChI=1S/C35H55IN2O6S/c1-5-6-13-37(14-7-9-28(36)18-24(2)3)32(39)20-25-10-11-26(12-16-38-15-8-17-45-38)33(35(40)41)29(19-25)27-21-30(42-4)34-31(22-27)43-23-44-34/h21-22,24-26,28-29,33H,5-20,23H2,1-4H3,(H,40,41)/p+1/t25-,26-,28?,29+,33-/m0/s1. The number of hydrogen-bond acceptors (Lipinski definition) is 6. The van der Waals surface area contributed by atoms with Gasteiger partial charge in [0.25, 0.3) is 0 Å². The Balaban J connectivity index is 1.54. The zero-order valence-corrected chi connectivity index (χ0v) is 30.9. The molecule has 1 saturated heterocycles. The first-order chi connectivity index (χ1) is 21.7. The Morgan fingerprint density at radius 2 is 2.00 bits per heavy atom. The van der Waals surface area contributed by atoms with Crippen LogP contribution in [0.3, 0.4) is 0 Å². The average Bonchev–Trinajstić information content (AvgIpc) is 3.67. The minimum absolute atomic E-state index is 0.0394. The Labute approximate surface area is 288 Å². The van der Waals surface area contributed by atoms with Crippen molar-refractivity contribution in [1.82, 2.24) is 9.21 Å². The lowest BCUT2D eigenvalue weighted by atomic mass is 9.74. The van der Waals surface area contributed by atoms with Gasteiger partial charge in [0.1, 0.15) is 5.75 Å². The number of alkyl halides is 1. The fourth-order valence-electron chi connectivity index (χ4n) is 7.42. The summed E-state index contributed by atoms with van der Waals surface area (Å²) in [5.41, 5.74) is 0.910. The molecule has 1 aromatic rings. The van der Waals surface area contributed by atoms with Gasteiger partial charge < -0.3 is 24.2 Å². The number of carboxylic acid groups (broad SMARTS) is 1. The number of amides is 1. The van der Waals surface area contributed by atoms with Crippen LogP contribution in [0.1, 0.15) is 103 Å². The van der Waals surface area contributed by atoms with Crippen molar-refractivity contribution >= 4 is 46.4 Å². The third-order valence-electron chi connectivity index (χ3n) is 9.77. The molecule has 2 aliphatic heterocycles. The predicted octanol–water partition coefficient (Wildman–Crippen LogP) is 7.10. The van der Waals surface area contributed by atoms with Crippen molar-refractivity contribution in [3.8, 4) is 17.2 Å². The van der Waals surface area contributed by atoms with Gasteiger partial charge in [-0.3, -0.25) is 9.59 Å². The van der Waals surface area contributed by atoms with E-state index in [0.29, 0.717) is 39.9 Å². The van der Waals surface area contributed by atoms with Crippen LogP contribution in [0.4, 0.5) is 0 Å². The molecule has 4 rings (SSSR count). The Morgan fingerprint density at radius 1 is 1.20 bits per heavy atom. The first kappa shape index (κ1) is 36.4. The van der Waals surface area contributed by atoms with Crippen LogP contribution in [0.25, 0.3) is 0 Å². The Bertz CT molecular complexity index is 1100. The molecule has 1 N–H and O–H groups in total. The highest BCUT2D eigenvalue weighted by molar-refractivity contribution is 14.1. The van der Waals surface area contributed by atoms with Crippen molar-refractivity contribution in [1.29, 1.82) is 0 Å². The van der Waals surface area contributed by atoms with Crippen molar-refractivity contribution in [3.63, 3.8) is 0 Å². The van der Waals surface area contributed by atoms with Crippen LogP contribution >= 0.6 is 22.6 Å². The number of ether oxygens (including phenoxy) is 3. The van der Waals surface area contributed by atoms with Crippen molar-refractivity contribution in [2.45, 2.75) is 101 Å². The van der Waals surface area contributed by atoms with E-state index in [2.05, 4.69) is 52.6 Å². The number of unbranched alkanes of at least 4 members (excludes halogenated alkanes) is 1. The van der Waals surface area contributed by atoms with E-state index >= 15 is 0 Å². The van der Waals surface area contributed by atoms with E-state index in [1.807, 2.05) is 12.1 Å². The van der Waals surface area contributed by atoms with E-state index in [-0.39, 0.29) is 30.5 Å². The first-order valence-electron chi connectivity index (χ1n) is 17.2. The van der Waals surface area contributed by atoms with Crippen molar-refractivity contribution in [2.24, 2.45) is 23.7 Å². The van der Waals surface area contributed by atoms with E-state index in [1.165, 1.54) is 30.5 Å². The predicted molar refractivity (Wildman–Crippen MR) is 191 cm³/mol. The maximum Gasteiger partial charge on any atom is 0.307 e. The van der Waals surface area contributed by atoms with Crippen molar-refractivity contribution < 1.29 is 28.9 Å². The second kappa shape index (κ2) is 18.2. The van der Waals surface area contributed by atoms with Gasteiger partial charge in [0.2, 0.25) is 18.4 Å². The Kier molecular flexibility index (Phi) is 14.8. The van der Waals surface area contributed by atoms with Gasteiger partial charge in [-0.05, 0) is 92.7 Å². The van der Waals surface area contributed by atoms with Crippen LogP contribution in [0.5, 0.6) is 17.2 Å². The van der Waals surface area contributed by atoms with Gasteiger partial charge in [0, 0.05) is 42.9 Å². The van der Waals surface area contributed by atoms with Gasteiger partial charge in [-0.15, -0.1) is 4.31 Å². The summed E-state index contributed by atoms with van der Waals surface area (Å²) in [5.74, 6) is 2.51.